The van der Waals surface area contributed by atoms with Gasteiger partial charge in [0.25, 0.3) is 5.69 Å². The first-order chi connectivity index (χ1) is 13.0. The molecule has 3 rings (SSSR count). The zero-order valence-corrected chi connectivity index (χ0v) is 15.6. The monoisotopic (exact) mass is 403 g/mol. The van der Waals surface area contributed by atoms with E-state index in [1.165, 1.54) is 30.0 Å². The van der Waals surface area contributed by atoms with Gasteiger partial charge in [-0.2, -0.15) is 0 Å². The van der Waals surface area contributed by atoms with Gasteiger partial charge in [-0.15, -0.1) is 10.2 Å². The number of anilines is 1. The summed E-state index contributed by atoms with van der Waals surface area (Å²) in [6.07, 6.45) is 1.57. The number of hydrogen-bond donors (Lipinski definition) is 1. The summed E-state index contributed by atoms with van der Waals surface area (Å²) in [5, 5.41) is 21.7. The van der Waals surface area contributed by atoms with E-state index < -0.39 is 10.2 Å². The Hall–Kier alpha value is -2.91. The van der Waals surface area contributed by atoms with Gasteiger partial charge in [0.1, 0.15) is 6.33 Å². The maximum atomic E-state index is 12.5. The first-order valence-electron chi connectivity index (χ1n) is 7.82. The zero-order valence-electron chi connectivity index (χ0n) is 14.1. The molecule has 1 aromatic heterocycles. The van der Waals surface area contributed by atoms with Gasteiger partial charge < -0.3 is 5.32 Å². The third-order valence-corrected chi connectivity index (χ3v) is 5.01. The van der Waals surface area contributed by atoms with Crippen LogP contribution in [0, 0.1) is 10.1 Å². The van der Waals surface area contributed by atoms with Gasteiger partial charge in [-0.05, 0) is 25.1 Å². The number of hydrogen-bond acceptors (Lipinski definition) is 6. The smallest absolute Gasteiger partial charge is 0.271 e. The normalized spacial score (nSPS) is 11.8. The highest BCUT2D eigenvalue weighted by Gasteiger charge is 2.20. The number of non-ortho nitro benzene ring substituents is 1. The summed E-state index contributed by atoms with van der Waals surface area (Å²) in [5.41, 5.74) is 0.908. The number of thioether (sulfide) groups is 1. The number of para-hydroxylation sites is 1. The van der Waals surface area contributed by atoms with Crippen LogP contribution in [-0.4, -0.2) is 30.8 Å². The third kappa shape index (κ3) is 4.44. The van der Waals surface area contributed by atoms with Crippen LogP contribution in [0.1, 0.15) is 6.92 Å². The largest absolute Gasteiger partial charge is 0.324 e. The number of nitro benzene ring substituents is 1. The number of carbonyl (C=O) groups is 1. The summed E-state index contributed by atoms with van der Waals surface area (Å²) >= 11 is 7.24. The van der Waals surface area contributed by atoms with Gasteiger partial charge in [0, 0.05) is 17.8 Å². The van der Waals surface area contributed by atoms with Crippen molar-refractivity contribution in [2.45, 2.75) is 17.3 Å². The van der Waals surface area contributed by atoms with Crippen LogP contribution in [-0.2, 0) is 4.79 Å². The summed E-state index contributed by atoms with van der Waals surface area (Å²) in [4.78, 5) is 22.8. The number of carbonyl (C=O) groups excluding carboxylic acids is 1. The van der Waals surface area contributed by atoms with Crippen LogP contribution in [0.15, 0.2) is 60.0 Å². The Balaban J connectivity index is 1.74. The summed E-state index contributed by atoms with van der Waals surface area (Å²) in [6, 6.07) is 13.4. The lowest BCUT2D eigenvalue weighted by Crippen LogP contribution is -2.23. The lowest BCUT2D eigenvalue weighted by atomic mass is 10.2. The fourth-order valence-corrected chi connectivity index (χ4v) is 3.25. The molecule has 0 bridgehead atoms. The molecule has 27 heavy (non-hydrogen) atoms. The minimum absolute atomic E-state index is 0.154. The summed E-state index contributed by atoms with van der Waals surface area (Å²) in [5.74, 6) is -0.356. The average Bonchev–Trinajstić information content (AvgIpc) is 3.12. The number of rotatable bonds is 6. The Bertz CT molecular complexity index is 980. The van der Waals surface area contributed by atoms with Crippen molar-refractivity contribution >= 4 is 40.6 Å². The summed E-state index contributed by atoms with van der Waals surface area (Å²) in [7, 11) is 0. The molecule has 1 amide bonds. The molecule has 0 saturated heterocycles. The van der Waals surface area contributed by atoms with Crippen LogP contribution in [0.4, 0.5) is 11.4 Å². The van der Waals surface area contributed by atoms with Gasteiger partial charge in [-0.25, -0.2) is 0 Å². The molecule has 0 unspecified atom stereocenters. The molecule has 1 N–H and O–H groups in total. The molecule has 8 nitrogen and oxygen atoms in total. The van der Waals surface area contributed by atoms with Crippen molar-refractivity contribution in [1.82, 2.24) is 14.8 Å². The van der Waals surface area contributed by atoms with Crippen molar-refractivity contribution < 1.29 is 9.72 Å². The van der Waals surface area contributed by atoms with Crippen molar-refractivity contribution in [3.8, 4) is 5.69 Å². The number of nitro groups is 1. The van der Waals surface area contributed by atoms with Gasteiger partial charge in [0.15, 0.2) is 5.16 Å². The van der Waals surface area contributed by atoms with Gasteiger partial charge >= 0.3 is 0 Å². The molecule has 2 aromatic carbocycles. The fourth-order valence-electron chi connectivity index (χ4n) is 2.24. The number of benzene rings is 2. The molecule has 0 fully saturated rings. The van der Waals surface area contributed by atoms with E-state index in [0.29, 0.717) is 5.16 Å². The molecule has 3 aromatic rings. The molecular weight excluding hydrogens is 390 g/mol. The second kappa shape index (κ2) is 8.19. The second-order valence-corrected chi connectivity index (χ2v) is 7.20. The van der Waals surface area contributed by atoms with Crippen molar-refractivity contribution in [1.29, 1.82) is 0 Å². The maximum Gasteiger partial charge on any atom is 0.271 e. The van der Waals surface area contributed by atoms with Gasteiger partial charge in [0.05, 0.1) is 20.9 Å². The van der Waals surface area contributed by atoms with Crippen LogP contribution >= 0.6 is 23.4 Å². The molecule has 10 heteroatoms. The molecule has 0 aliphatic carbocycles. The van der Waals surface area contributed by atoms with E-state index in [1.54, 1.807) is 17.8 Å². The van der Waals surface area contributed by atoms with Crippen molar-refractivity contribution in [3.63, 3.8) is 0 Å². The van der Waals surface area contributed by atoms with E-state index in [-0.39, 0.29) is 22.3 Å². The summed E-state index contributed by atoms with van der Waals surface area (Å²) in [6.45, 7) is 1.70. The quantitative estimate of drug-likeness (QED) is 0.379. The summed E-state index contributed by atoms with van der Waals surface area (Å²) < 4.78 is 1.77. The van der Waals surface area contributed by atoms with E-state index in [4.69, 9.17) is 11.6 Å². The standard InChI is InChI=1S/C17H14ClN5O3S/c1-11(16(24)20-15-9-13(23(25)26)7-8-14(15)18)27-17-21-19-10-22(17)12-5-3-2-4-6-12/h2-11H,1H3,(H,20,24)/t11-/m1/s1. The van der Waals surface area contributed by atoms with Crippen LogP contribution in [0.25, 0.3) is 5.69 Å². The predicted molar refractivity (Wildman–Crippen MR) is 103 cm³/mol. The lowest BCUT2D eigenvalue weighted by Gasteiger charge is -2.13. The predicted octanol–water partition coefficient (Wildman–Crippen LogP) is 3.95. The first-order valence-corrected chi connectivity index (χ1v) is 9.08. The number of nitrogens with zero attached hydrogens (tertiary/aromatic N) is 4. The number of amides is 1. The third-order valence-electron chi connectivity index (χ3n) is 3.62. The van der Waals surface area contributed by atoms with Crippen LogP contribution in [0.2, 0.25) is 5.02 Å². The molecular formula is C17H14ClN5O3S. The van der Waals surface area contributed by atoms with Crippen LogP contribution < -0.4 is 5.32 Å². The molecule has 0 aliphatic rings. The number of halogens is 1. The minimum Gasteiger partial charge on any atom is -0.324 e. The second-order valence-electron chi connectivity index (χ2n) is 5.49. The molecule has 0 aliphatic heterocycles. The van der Waals surface area contributed by atoms with E-state index >= 15 is 0 Å². The average molecular weight is 404 g/mol. The van der Waals surface area contributed by atoms with Gasteiger partial charge in [0.2, 0.25) is 5.91 Å². The van der Waals surface area contributed by atoms with Crippen molar-refractivity contribution in [3.05, 3.63) is 70.0 Å². The van der Waals surface area contributed by atoms with Crippen molar-refractivity contribution in [2.75, 3.05) is 5.32 Å². The maximum absolute atomic E-state index is 12.5. The molecule has 0 radical (unpaired) electrons. The van der Waals surface area contributed by atoms with Gasteiger partial charge in [-0.1, -0.05) is 41.6 Å². The Labute approximate surface area is 163 Å². The minimum atomic E-state index is -0.549. The highest BCUT2D eigenvalue weighted by molar-refractivity contribution is 8.00. The van der Waals surface area contributed by atoms with Crippen molar-refractivity contribution in [2.24, 2.45) is 0 Å². The van der Waals surface area contributed by atoms with E-state index in [1.807, 2.05) is 30.3 Å². The molecule has 0 saturated carbocycles. The number of nitrogens with one attached hydrogen (secondary N) is 1. The molecule has 0 spiro atoms. The van der Waals surface area contributed by atoms with E-state index in [2.05, 4.69) is 15.5 Å². The first kappa shape index (κ1) is 18.9. The highest BCUT2D eigenvalue weighted by Crippen LogP contribution is 2.29. The van der Waals surface area contributed by atoms with E-state index in [9.17, 15) is 14.9 Å². The topological polar surface area (TPSA) is 103 Å². The Morgan fingerprint density at radius 3 is 2.74 bits per heavy atom. The SMILES string of the molecule is C[C@@H](Sc1nncn1-c1ccccc1)C(=O)Nc1cc([N+](=O)[O-])ccc1Cl. The zero-order chi connectivity index (χ0) is 19.4. The molecule has 1 atom stereocenters. The Morgan fingerprint density at radius 2 is 2.04 bits per heavy atom. The lowest BCUT2D eigenvalue weighted by molar-refractivity contribution is -0.384. The number of aromatic nitrogens is 3. The Morgan fingerprint density at radius 1 is 1.30 bits per heavy atom. The fraction of sp³-hybridized carbons (Fsp3) is 0.118. The highest BCUT2D eigenvalue weighted by atomic mass is 35.5. The van der Waals surface area contributed by atoms with E-state index in [0.717, 1.165) is 5.69 Å². The molecule has 1 heterocycles. The van der Waals surface area contributed by atoms with Crippen LogP contribution in [0.5, 0.6) is 0 Å². The van der Waals surface area contributed by atoms with Gasteiger partial charge in [-0.3, -0.25) is 19.5 Å². The Kier molecular flexibility index (Phi) is 5.72. The molecule has 138 valence electrons. The van der Waals surface area contributed by atoms with Crippen LogP contribution in [0.3, 0.4) is 0 Å².